The second kappa shape index (κ2) is 31.3. The van der Waals surface area contributed by atoms with E-state index < -0.39 is 5.97 Å². The van der Waals surface area contributed by atoms with Gasteiger partial charge in [0, 0.05) is 20.8 Å². The second-order valence-corrected chi connectivity index (χ2v) is 9.46. The molecule has 14 heteroatoms. The standard InChI is InChI=1S/C32H56O14/c1-5-6-7-37-12-13-40-16-19-42-21-24-45-30-27-28(32(33)36-4)26-29(44-23-20-41-17-14-38-10-8-34-2)31(30)46-25-22-43-18-15-39-11-9-35-3/h26-27H,5-25H2,1-4H3. The molecule has 0 aliphatic heterocycles. The van der Waals surface area contributed by atoms with Crippen molar-refractivity contribution in [2.45, 2.75) is 19.8 Å². The van der Waals surface area contributed by atoms with E-state index in [1.165, 1.54) is 7.11 Å². The Kier molecular flexibility index (Phi) is 28.4. The number of ether oxygens (including phenoxy) is 13. The maximum absolute atomic E-state index is 12.4. The molecule has 0 saturated heterocycles. The van der Waals surface area contributed by atoms with E-state index in [9.17, 15) is 4.79 Å². The van der Waals surface area contributed by atoms with Crippen LogP contribution < -0.4 is 14.2 Å². The van der Waals surface area contributed by atoms with E-state index in [1.807, 2.05) is 0 Å². The van der Waals surface area contributed by atoms with Crippen LogP contribution in [0, 0.1) is 0 Å². The van der Waals surface area contributed by atoms with E-state index in [4.69, 9.17) is 61.6 Å². The monoisotopic (exact) mass is 664 g/mol. The fourth-order valence-electron chi connectivity index (χ4n) is 3.51. The molecule has 1 rings (SSSR count). The van der Waals surface area contributed by atoms with E-state index in [0.717, 1.165) is 19.4 Å². The molecular formula is C32H56O14. The SMILES string of the molecule is CCCCOCCOCCOCCOc1cc(C(=O)OC)cc(OCCOCCOCCOC)c1OCCOCCOCCOC. The average Bonchev–Trinajstić information content (AvgIpc) is 3.07. The Bertz CT molecular complexity index is 841. The highest BCUT2D eigenvalue weighted by Gasteiger charge is 2.19. The van der Waals surface area contributed by atoms with Gasteiger partial charge in [0.25, 0.3) is 0 Å². The molecule has 0 radical (unpaired) electrons. The summed E-state index contributed by atoms with van der Waals surface area (Å²) in [5.41, 5.74) is 0.243. The number of unbranched alkanes of at least 4 members (excludes halogenated alkanes) is 1. The average molecular weight is 665 g/mol. The van der Waals surface area contributed by atoms with Gasteiger partial charge in [0.1, 0.15) is 19.8 Å². The van der Waals surface area contributed by atoms with Gasteiger partial charge in [-0.25, -0.2) is 4.79 Å². The number of hydrogen-bond acceptors (Lipinski definition) is 14. The Morgan fingerprint density at radius 2 is 0.826 bits per heavy atom. The third-order valence-corrected chi connectivity index (χ3v) is 5.88. The molecule has 0 aliphatic rings. The molecule has 46 heavy (non-hydrogen) atoms. The topological polar surface area (TPSA) is 137 Å². The molecule has 1 aromatic carbocycles. The van der Waals surface area contributed by atoms with Crippen LogP contribution in [0.5, 0.6) is 17.2 Å². The molecule has 14 nitrogen and oxygen atoms in total. The Morgan fingerprint density at radius 1 is 0.478 bits per heavy atom. The zero-order valence-electron chi connectivity index (χ0n) is 28.2. The van der Waals surface area contributed by atoms with Crippen molar-refractivity contribution in [1.29, 1.82) is 0 Å². The van der Waals surface area contributed by atoms with E-state index in [2.05, 4.69) is 6.92 Å². The van der Waals surface area contributed by atoms with Gasteiger partial charge in [-0.15, -0.1) is 0 Å². The fraction of sp³-hybridized carbons (Fsp3) is 0.781. The first-order valence-corrected chi connectivity index (χ1v) is 15.8. The first kappa shape index (κ1) is 41.8. The van der Waals surface area contributed by atoms with Crippen molar-refractivity contribution in [3.05, 3.63) is 17.7 Å². The summed E-state index contributed by atoms with van der Waals surface area (Å²) in [7, 11) is 4.54. The van der Waals surface area contributed by atoms with Gasteiger partial charge >= 0.3 is 5.97 Å². The molecule has 0 atom stereocenters. The summed E-state index contributed by atoms with van der Waals surface area (Å²) in [6.07, 6.45) is 2.15. The predicted octanol–water partition coefficient (Wildman–Crippen LogP) is 2.82. The highest BCUT2D eigenvalue weighted by atomic mass is 16.6. The first-order chi connectivity index (χ1) is 22.7. The van der Waals surface area contributed by atoms with Crippen LogP contribution in [0.15, 0.2) is 12.1 Å². The molecule has 0 amide bonds. The van der Waals surface area contributed by atoms with Gasteiger partial charge in [-0.05, 0) is 18.6 Å². The van der Waals surface area contributed by atoms with Crippen molar-refractivity contribution in [2.24, 2.45) is 0 Å². The van der Waals surface area contributed by atoms with Crippen LogP contribution in [0.4, 0.5) is 0 Å². The molecule has 0 saturated carbocycles. The van der Waals surface area contributed by atoms with Gasteiger partial charge in [-0.1, -0.05) is 13.3 Å². The summed E-state index contributed by atoms with van der Waals surface area (Å²) < 4.78 is 71.5. The summed E-state index contributed by atoms with van der Waals surface area (Å²) in [4.78, 5) is 12.4. The van der Waals surface area contributed by atoms with Gasteiger partial charge in [0.15, 0.2) is 11.5 Å². The van der Waals surface area contributed by atoms with E-state index in [1.54, 1.807) is 26.4 Å². The lowest BCUT2D eigenvalue weighted by atomic mass is 10.2. The highest BCUT2D eigenvalue weighted by molar-refractivity contribution is 5.91. The van der Waals surface area contributed by atoms with Crippen molar-refractivity contribution >= 4 is 5.97 Å². The van der Waals surface area contributed by atoms with Crippen LogP contribution in [0.2, 0.25) is 0 Å². The third-order valence-electron chi connectivity index (χ3n) is 5.88. The number of benzene rings is 1. The molecule has 0 fully saturated rings. The third kappa shape index (κ3) is 22.3. The van der Waals surface area contributed by atoms with Crippen LogP contribution >= 0.6 is 0 Å². The van der Waals surface area contributed by atoms with Crippen LogP contribution in [-0.2, 0) is 47.4 Å². The number of methoxy groups -OCH3 is 3. The second-order valence-electron chi connectivity index (χ2n) is 9.46. The minimum Gasteiger partial charge on any atom is -0.487 e. The first-order valence-electron chi connectivity index (χ1n) is 15.8. The Morgan fingerprint density at radius 3 is 1.20 bits per heavy atom. The fourth-order valence-corrected chi connectivity index (χ4v) is 3.51. The smallest absolute Gasteiger partial charge is 0.338 e. The molecule has 268 valence electrons. The van der Waals surface area contributed by atoms with E-state index >= 15 is 0 Å². The minimum absolute atomic E-state index is 0.195. The van der Waals surface area contributed by atoms with Crippen molar-refractivity contribution in [1.82, 2.24) is 0 Å². The lowest BCUT2D eigenvalue weighted by Crippen LogP contribution is -2.16. The molecule has 0 unspecified atom stereocenters. The zero-order chi connectivity index (χ0) is 33.3. The maximum atomic E-state index is 12.4. The number of carbonyl (C=O) groups excluding carboxylic acids is 1. The lowest BCUT2D eigenvalue weighted by Gasteiger charge is -2.18. The summed E-state index contributed by atoms with van der Waals surface area (Å²) in [6.45, 7) is 10.0. The summed E-state index contributed by atoms with van der Waals surface area (Å²) in [5, 5.41) is 0. The number of carbonyl (C=O) groups is 1. The van der Waals surface area contributed by atoms with Crippen LogP contribution in [0.3, 0.4) is 0 Å². The normalized spacial score (nSPS) is 11.1. The van der Waals surface area contributed by atoms with Gasteiger partial charge in [-0.2, -0.15) is 0 Å². The Labute approximate surface area is 274 Å². The molecule has 1 aromatic rings. The summed E-state index contributed by atoms with van der Waals surface area (Å²) in [5.74, 6) is 0.380. The molecular weight excluding hydrogens is 608 g/mol. The van der Waals surface area contributed by atoms with E-state index in [-0.39, 0.29) is 25.4 Å². The van der Waals surface area contributed by atoms with Crippen molar-refractivity contribution in [2.75, 3.05) is 147 Å². The van der Waals surface area contributed by atoms with Crippen LogP contribution in [-0.4, -0.2) is 153 Å². The van der Waals surface area contributed by atoms with Crippen LogP contribution in [0.1, 0.15) is 30.1 Å². The quantitative estimate of drug-likeness (QED) is 0.0789. The maximum Gasteiger partial charge on any atom is 0.338 e. The van der Waals surface area contributed by atoms with Gasteiger partial charge in [-0.3, -0.25) is 0 Å². The lowest BCUT2D eigenvalue weighted by molar-refractivity contribution is 0.00839. The van der Waals surface area contributed by atoms with E-state index in [0.29, 0.717) is 116 Å². The largest absolute Gasteiger partial charge is 0.487 e. The molecule has 0 aromatic heterocycles. The number of esters is 1. The molecule has 0 aliphatic carbocycles. The zero-order valence-corrected chi connectivity index (χ0v) is 28.2. The van der Waals surface area contributed by atoms with Gasteiger partial charge in [0.2, 0.25) is 5.75 Å². The number of rotatable bonds is 34. The van der Waals surface area contributed by atoms with Crippen molar-refractivity contribution in [3.8, 4) is 17.2 Å². The van der Waals surface area contributed by atoms with Crippen molar-refractivity contribution in [3.63, 3.8) is 0 Å². The minimum atomic E-state index is -0.547. The van der Waals surface area contributed by atoms with Crippen molar-refractivity contribution < 1.29 is 66.4 Å². The summed E-state index contributed by atoms with van der Waals surface area (Å²) >= 11 is 0. The Balaban J connectivity index is 2.69. The number of hydrogen-bond donors (Lipinski definition) is 0. The predicted molar refractivity (Wildman–Crippen MR) is 169 cm³/mol. The van der Waals surface area contributed by atoms with Crippen LogP contribution in [0.25, 0.3) is 0 Å². The van der Waals surface area contributed by atoms with Gasteiger partial charge in [0.05, 0.1) is 112 Å². The molecule has 0 heterocycles. The van der Waals surface area contributed by atoms with Gasteiger partial charge < -0.3 is 61.6 Å². The Hall–Kier alpha value is -2.27. The summed E-state index contributed by atoms with van der Waals surface area (Å²) in [6, 6.07) is 3.10. The molecule has 0 spiro atoms. The molecule has 0 N–H and O–H groups in total. The molecule has 0 bridgehead atoms. The highest BCUT2D eigenvalue weighted by Crippen LogP contribution is 2.39.